The summed E-state index contributed by atoms with van der Waals surface area (Å²) in [6.45, 7) is 6.34. The van der Waals surface area contributed by atoms with E-state index in [0.29, 0.717) is 13.0 Å². The molecule has 0 aromatic rings. The first-order chi connectivity index (χ1) is 11.2. The Hall–Kier alpha value is -1.10. The fraction of sp³-hybridized carbons (Fsp3) is 0.889. The summed E-state index contributed by atoms with van der Waals surface area (Å²) in [6, 6.07) is 0. The van der Waals surface area contributed by atoms with E-state index < -0.39 is 0 Å². The highest BCUT2D eigenvalue weighted by molar-refractivity contribution is 5.71. The number of carbonyl (C=O) groups excluding carboxylic acids is 2. The molecule has 1 fully saturated rings. The smallest absolute Gasteiger partial charge is 0.319 e. The molecule has 5 heteroatoms. The van der Waals surface area contributed by atoms with E-state index in [1.165, 1.54) is 38.5 Å². The molecule has 2 N–H and O–H groups in total. The molecule has 1 aliphatic carbocycles. The van der Waals surface area contributed by atoms with Gasteiger partial charge in [0, 0.05) is 6.54 Å². The highest BCUT2D eigenvalue weighted by Gasteiger charge is 2.09. The number of amides is 1. The van der Waals surface area contributed by atoms with Crippen molar-refractivity contribution in [1.82, 2.24) is 10.6 Å². The predicted octanol–water partition coefficient (Wildman–Crippen LogP) is 3.03. The van der Waals surface area contributed by atoms with Crippen LogP contribution in [-0.4, -0.2) is 38.6 Å². The van der Waals surface area contributed by atoms with Gasteiger partial charge in [-0.2, -0.15) is 0 Å². The molecular formula is C18H36N2O3. The number of hydrogen-bond donors (Lipinski definition) is 2. The molecule has 23 heavy (non-hydrogen) atoms. The van der Waals surface area contributed by atoms with Crippen molar-refractivity contribution in [3.8, 4) is 0 Å². The zero-order chi connectivity index (χ0) is 17.2. The zero-order valence-electron chi connectivity index (χ0n) is 15.1. The van der Waals surface area contributed by atoms with Crippen molar-refractivity contribution in [2.75, 3.05) is 26.2 Å². The summed E-state index contributed by atoms with van der Waals surface area (Å²) in [6.07, 6.45) is 12.6. The van der Waals surface area contributed by atoms with Crippen LogP contribution in [0.3, 0.4) is 0 Å². The number of esters is 1. The molecule has 5 nitrogen and oxygen atoms in total. The molecule has 0 aromatic carbocycles. The van der Waals surface area contributed by atoms with Crippen LogP contribution in [-0.2, 0) is 14.3 Å². The minimum Gasteiger partial charge on any atom is -0.465 e. The molecule has 0 saturated heterocycles. The average molecular weight is 328 g/mol. The Morgan fingerprint density at radius 1 is 1.09 bits per heavy atom. The standard InChI is InChI=1S/C10H20N2O3.C8H16/c1-2-15-10(14)8-11-6-4-3-5-7-12-9-13;1-2-8-6-4-3-5-7-8/h9,11H,2-8H2,1H3,(H,12,13);8H,2-7H2,1H3. The van der Waals surface area contributed by atoms with E-state index in [4.69, 9.17) is 4.74 Å². The Labute approximate surface area is 141 Å². The largest absolute Gasteiger partial charge is 0.465 e. The van der Waals surface area contributed by atoms with Crippen LogP contribution in [0.1, 0.15) is 71.6 Å². The van der Waals surface area contributed by atoms with Gasteiger partial charge in [0.15, 0.2) is 0 Å². The number of rotatable bonds is 11. The summed E-state index contributed by atoms with van der Waals surface area (Å²) in [7, 11) is 0. The Bertz CT molecular complexity index is 279. The van der Waals surface area contributed by atoms with Gasteiger partial charge < -0.3 is 15.4 Å². The van der Waals surface area contributed by atoms with Crippen LogP contribution in [0.15, 0.2) is 0 Å². The van der Waals surface area contributed by atoms with E-state index in [2.05, 4.69) is 17.6 Å². The van der Waals surface area contributed by atoms with E-state index in [1.807, 2.05) is 0 Å². The molecular weight excluding hydrogens is 292 g/mol. The van der Waals surface area contributed by atoms with Crippen LogP contribution in [0.4, 0.5) is 0 Å². The van der Waals surface area contributed by atoms with Crippen molar-refractivity contribution in [1.29, 1.82) is 0 Å². The van der Waals surface area contributed by atoms with Gasteiger partial charge in [0.05, 0.1) is 13.2 Å². The van der Waals surface area contributed by atoms with Crippen molar-refractivity contribution in [3.63, 3.8) is 0 Å². The van der Waals surface area contributed by atoms with Gasteiger partial charge in [-0.1, -0.05) is 51.9 Å². The number of carbonyl (C=O) groups is 2. The topological polar surface area (TPSA) is 67.4 Å². The van der Waals surface area contributed by atoms with Crippen LogP contribution in [0.5, 0.6) is 0 Å². The van der Waals surface area contributed by atoms with Crippen LogP contribution >= 0.6 is 0 Å². The van der Waals surface area contributed by atoms with Gasteiger partial charge in [0.1, 0.15) is 0 Å². The summed E-state index contributed by atoms with van der Waals surface area (Å²) < 4.78 is 4.75. The Kier molecular flexibility index (Phi) is 16.4. The summed E-state index contributed by atoms with van der Waals surface area (Å²) in [5.74, 6) is 0.879. The van der Waals surface area contributed by atoms with Gasteiger partial charge in [-0.3, -0.25) is 9.59 Å². The Balaban J connectivity index is 0.000000502. The lowest BCUT2D eigenvalue weighted by molar-refractivity contribution is -0.142. The fourth-order valence-electron chi connectivity index (χ4n) is 2.71. The monoisotopic (exact) mass is 328 g/mol. The van der Waals surface area contributed by atoms with Crippen molar-refractivity contribution in [3.05, 3.63) is 0 Å². The van der Waals surface area contributed by atoms with Gasteiger partial charge in [-0.25, -0.2) is 0 Å². The molecule has 1 aliphatic rings. The molecule has 0 aromatic heterocycles. The van der Waals surface area contributed by atoms with E-state index >= 15 is 0 Å². The highest BCUT2D eigenvalue weighted by atomic mass is 16.5. The predicted molar refractivity (Wildman–Crippen MR) is 94.3 cm³/mol. The second-order valence-electron chi connectivity index (χ2n) is 6.03. The van der Waals surface area contributed by atoms with Crippen LogP contribution in [0.2, 0.25) is 0 Å². The maximum absolute atomic E-state index is 10.9. The van der Waals surface area contributed by atoms with Crippen molar-refractivity contribution in [2.24, 2.45) is 5.92 Å². The number of hydrogen-bond acceptors (Lipinski definition) is 4. The highest BCUT2D eigenvalue weighted by Crippen LogP contribution is 2.25. The first kappa shape index (κ1) is 21.9. The molecule has 0 aliphatic heterocycles. The van der Waals surface area contributed by atoms with Gasteiger partial charge in [0.2, 0.25) is 6.41 Å². The molecule has 0 bridgehead atoms. The van der Waals surface area contributed by atoms with Crippen LogP contribution in [0, 0.1) is 5.92 Å². The molecule has 1 saturated carbocycles. The lowest BCUT2D eigenvalue weighted by Gasteiger charge is -2.18. The van der Waals surface area contributed by atoms with Crippen molar-refractivity contribution >= 4 is 12.4 Å². The molecule has 0 heterocycles. The normalized spacial score (nSPS) is 14.5. The second kappa shape index (κ2) is 17.3. The van der Waals surface area contributed by atoms with Gasteiger partial charge in [-0.05, 0) is 32.2 Å². The number of unbranched alkanes of at least 4 members (excludes halogenated alkanes) is 2. The van der Waals surface area contributed by atoms with E-state index in [1.54, 1.807) is 6.92 Å². The lowest BCUT2D eigenvalue weighted by Crippen LogP contribution is -2.25. The van der Waals surface area contributed by atoms with Gasteiger partial charge >= 0.3 is 5.97 Å². The average Bonchev–Trinajstić information content (AvgIpc) is 2.59. The molecule has 1 rings (SSSR count). The van der Waals surface area contributed by atoms with Crippen molar-refractivity contribution < 1.29 is 14.3 Å². The molecule has 0 spiro atoms. The quantitative estimate of drug-likeness (QED) is 0.347. The number of ether oxygens (including phenoxy) is 1. The van der Waals surface area contributed by atoms with Crippen LogP contribution in [0.25, 0.3) is 0 Å². The third kappa shape index (κ3) is 15.6. The van der Waals surface area contributed by atoms with E-state index in [0.717, 1.165) is 38.3 Å². The minimum atomic E-state index is -0.208. The first-order valence-electron chi connectivity index (χ1n) is 9.27. The minimum absolute atomic E-state index is 0.208. The van der Waals surface area contributed by atoms with Gasteiger partial charge in [-0.15, -0.1) is 0 Å². The maximum Gasteiger partial charge on any atom is 0.319 e. The molecule has 136 valence electrons. The fourth-order valence-corrected chi connectivity index (χ4v) is 2.71. The summed E-state index contributed by atoms with van der Waals surface area (Å²) in [5, 5.41) is 5.60. The molecule has 0 atom stereocenters. The van der Waals surface area contributed by atoms with Gasteiger partial charge in [0.25, 0.3) is 0 Å². The summed E-state index contributed by atoms with van der Waals surface area (Å²) in [5.41, 5.74) is 0. The second-order valence-corrected chi connectivity index (χ2v) is 6.03. The molecule has 0 radical (unpaired) electrons. The molecule has 1 amide bonds. The summed E-state index contributed by atoms with van der Waals surface area (Å²) >= 11 is 0. The maximum atomic E-state index is 10.9. The molecule has 0 unspecified atom stereocenters. The SMILES string of the molecule is CCC1CCCCC1.CCOC(=O)CNCCCCCNC=O. The Morgan fingerprint density at radius 2 is 1.78 bits per heavy atom. The van der Waals surface area contributed by atoms with E-state index in [-0.39, 0.29) is 12.5 Å². The van der Waals surface area contributed by atoms with Crippen LogP contribution < -0.4 is 10.6 Å². The Morgan fingerprint density at radius 3 is 2.35 bits per heavy atom. The summed E-state index contributed by atoms with van der Waals surface area (Å²) in [4.78, 5) is 20.8. The van der Waals surface area contributed by atoms with E-state index in [9.17, 15) is 9.59 Å². The zero-order valence-corrected chi connectivity index (χ0v) is 15.1. The third-order valence-corrected chi connectivity index (χ3v) is 4.13. The number of nitrogens with one attached hydrogen (secondary N) is 2. The first-order valence-corrected chi connectivity index (χ1v) is 9.27. The van der Waals surface area contributed by atoms with Crippen molar-refractivity contribution in [2.45, 2.75) is 71.6 Å². The lowest BCUT2D eigenvalue weighted by atomic mass is 9.88. The third-order valence-electron chi connectivity index (χ3n) is 4.13.